The number of carbonyl (C=O) groups is 1. The lowest BCUT2D eigenvalue weighted by Crippen LogP contribution is -2.39. The van der Waals surface area contributed by atoms with Crippen LogP contribution in [-0.4, -0.2) is 42.6 Å². The molecule has 0 aliphatic carbocycles. The molecule has 0 saturated carbocycles. The molecule has 1 aliphatic heterocycles. The molecule has 2 heterocycles. The van der Waals surface area contributed by atoms with Gasteiger partial charge < -0.3 is 14.7 Å². The van der Waals surface area contributed by atoms with Crippen LogP contribution in [0.2, 0.25) is 5.02 Å². The Labute approximate surface area is 157 Å². The molecule has 2 aromatic rings. The monoisotopic (exact) mass is 379 g/mol. The Bertz CT molecular complexity index is 765. The molecule has 0 atom stereocenters. The molecule has 0 spiro atoms. The Kier molecular flexibility index (Phi) is 5.94. The molecule has 140 valence electrons. The minimum absolute atomic E-state index is 0.110. The van der Waals surface area contributed by atoms with Crippen molar-refractivity contribution in [1.29, 1.82) is 0 Å². The summed E-state index contributed by atoms with van der Waals surface area (Å²) < 4.78 is 19.5. The van der Waals surface area contributed by atoms with E-state index in [0.717, 1.165) is 25.8 Å². The van der Waals surface area contributed by atoms with Crippen molar-refractivity contribution in [2.75, 3.05) is 26.7 Å². The molecular formula is C19H23ClFN3O2. The number of hydrogen-bond acceptors (Lipinski definition) is 4. The van der Waals surface area contributed by atoms with Gasteiger partial charge in [0.2, 0.25) is 0 Å². The van der Waals surface area contributed by atoms with Crippen LogP contribution in [0.4, 0.5) is 4.39 Å². The smallest absolute Gasteiger partial charge is 0.259 e. The molecule has 3 rings (SSSR count). The van der Waals surface area contributed by atoms with Crippen LogP contribution < -0.4 is 5.32 Å². The molecule has 1 aromatic heterocycles. The highest BCUT2D eigenvalue weighted by Crippen LogP contribution is 2.34. The highest BCUT2D eigenvalue weighted by molar-refractivity contribution is 6.33. The lowest BCUT2D eigenvalue weighted by Gasteiger charge is -2.32. The summed E-state index contributed by atoms with van der Waals surface area (Å²) in [5.74, 6) is 0.299. The quantitative estimate of drug-likeness (QED) is 0.855. The number of piperidine rings is 1. The number of carbonyl (C=O) groups excluding carboxylic acids is 1. The van der Waals surface area contributed by atoms with E-state index in [1.807, 2.05) is 7.05 Å². The fraction of sp³-hybridized carbons (Fsp3) is 0.474. The van der Waals surface area contributed by atoms with Crippen molar-refractivity contribution in [1.82, 2.24) is 15.4 Å². The molecule has 1 aromatic carbocycles. The highest BCUT2D eigenvalue weighted by Gasteiger charge is 2.30. The molecule has 0 bridgehead atoms. The number of nitrogens with zero attached hydrogens (tertiary/aromatic N) is 2. The van der Waals surface area contributed by atoms with Crippen molar-refractivity contribution in [3.05, 3.63) is 40.4 Å². The number of halogens is 2. The summed E-state index contributed by atoms with van der Waals surface area (Å²) in [6, 6.07) is 4.39. The Morgan fingerprint density at radius 2 is 2.15 bits per heavy atom. The van der Waals surface area contributed by atoms with Gasteiger partial charge in [-0.15, -0.1) is 0 Å². The van der Waals surface area contributed by atoms with Gasteiger partial charge in [0.25, 0.3) is 5.91 Å². The number of hydrogen-bond donors (Lipinski definition) is 1. The number of nitrogens with one attached hydrogen (secondary N) is 1. The van der Waals surface area contributed by atoms with E-state index < -0.39 is 5.82 Å². The molecule has 0 unspecified atom stereocenters. The van der Waals surface area contributed by atoms with Crippen LogP contribution in [0.1, 0.15) is 35.4 Å². The third-order valence-corrected chi connectivity index (χ3v) is 5.30. The zero-order chi connectivity index (χ0) is 18.7. The first-order chi connectivity index (χ1) is 12.5. The number of likely N-dealkylation sites (tertiary alicyclic amines) is 1. The predicted molar refractivity (Wildman–Crippen MR) is 98.8 cm³/mol. The van der Waals surface area contributed by atoms with Crippen LogP contribution in [0.3, 0.4) is 0 Å². The first-order valence-corrected chi connectivity index (χ1v) is 9.25. The molecule has 1 amide bonds. The maximum atomic E-state index is 14.3. The third-order valence-electron chi connectivity index (χ3n) is 4.98. The van der Waals surface area contributed by atoms with E-state index >= 15 is 0 Å². The Balaban J connectivity index is 1.82. The molecular weight excluding hydrogens is 357 g/mol. The molecule has 7 heteroatoms. The van der Waals surface area contributed by atoms with Gasteiger partial charge in [0.05, 0.1) is 10.6 Å². The molecule has 1 fully saturated rings. The normalized spacial score (nSPS) is 15.5. The van der Waals surface area contributed by atoms with Gasteiger partial charge in [-0.3, -0.25) is 4.79 Å². The Morgan fingerprint density at radius 1 is 1.42 bits per heavy atom. The van der Waals surface area contributed by atoms with Gasteiger partial charge in [0.15, 0.2) is 0 Å². The van der Waals surface area contributed by atoms with Gasteiger partial charge in [0.1, 0.15) is 22.8 Å². The largest absolute Gasteiger partial charge is 0.360 e. The summed E-state index contributed by atoms with van der Waals surface area (Å²) in [7, 11) is 1.95. The van der Waals surface area contributed by atoms with Crippen molar-refractivity contribution in [3.63, 3.8) is 0 Å². The number of benzene rings is 1. The van der Waals surface area contributed by atoms with Crippen molar-refractivity contribution < 1.29 is 13.7 Å². The van der Waals surface area contributed by atoms with Gasteiger partial charge in [-0.2, -0.15) is 0 Å². The molecule has 26 heavy (non-hydrogen) atoms. The molecule has 1 aliphatic rings. The summed E-state index contributed by atoms with van der Waals surface area (Å²) >= 11 is 6.15. The number of aromatic nitrogens is 1. The second-order valence-electron chi connectivity index (χ2n) is 6.69. The fourth-order valence-corrected chi connectivity index (χ4v) is 3.70. The third kappa shape index (κ3) is 3.76. The van der Waals surface area contributed by atoms with Crippen LogP contribution in [0.25, 0.3) is 11.3 Å². The van der Waals surface area contributed by atoms with Crippen LogP contribution in [0.15, 0.2) is 22.7 Å². The topological polar surface area (TPSA) is 58.4 Å². The predicted octanol–water partition coefficient (Wildman–Crippen LogP) is 3.90. The van der Waals surface area contributed by atoms with Gasteiger partial charge in [-0.05, 0) is 57.8 Å². The average molecular weight is 380 g/mol. The number of rotatable bonds is 5. The van der Waals surface area contributed by atoms with E-state index in [9.17, 15) is 9.18 Å². The molecule has 1 saturated heterocycles. The zero-order valence-electron chi connectivity index (χ0n) is 15.0. The summed E-state index contributed by atoms with van der Waals surface area (Å²) in [5, 5.41) is 7.30. The van der Waals surface area contributed by atoms with E-state index in [0.29, 0.717) is 30.3 Å². The Hall–Kier alpha value is -1.92. The van der Waals surface area contributed by atoms with Crippen LogP contribution in [0, 0.1) is 18.7 Å². The zero-order valence-corrected chi connectivity index (χ0v) is 15.8. The summed E-state index contributed by atoms with van der Waals surface area (Å²) in [6.45, 7) is 4.02. The summed E-state index contributed by atoms with van der Waals surface area (Å²) in [4.78, 5) is 14.9. The Morgan fingerprint density at radius 3 is 2.81 bits per heavy atom. The molecule has 0 radical (unpaired) electrons. The van der Waals surface area contributed by atoms with Crippen LogP contribution in [0.5, 0.6) is 0 Å². The van der Waals surface area contributed by atoms with Crippen molar-refractivity contribution >= 4 is 17.5 Å². The lowest BCUT2D eigenvalue weighted by molar-refractivity contribution is 0.0686. The van der Waals surface area contributed by atoms with Gasteiger partial charge >= 0.3 is 0 Å². The fourth-order valence-electron chi connectivity index (χ4n) is 3.45. The van der Waals surface area contributed by atoms with Crippen LogP contribution >= 0.6 is 11.6 Å². The standard InChI is InChI=1S/C19H23ClFN3O2/c1-12-16(18(23-26-12)17-14(20)4-3-5-15(17)21)19(25)24-10-7-13(8-11-24)6-9-22-2/h3-5,13,22H,6-11H2,1-2H3. The SMILES string of the molecule is CNCCC1CCN(C(=O)c2c(-c3c(F)cccc3Cl)noc2C)CC1. The maximum Gasteiger partial charge on any atom is 0.259 e. The summed E-state index contributed by atoms with van der Waals surface area (Å²) in [5.41, 5.74) is 0.580. The first-order valence-electron chi connectivity index (χ1n) is 8.87. The number of aryl methyl sites for hydroxylation is 1. The minimum atomic E-state index is -0.523. The van der Waals surface area contributed by atoms with Crippen molar-refractivity contribution in [2.24, 2.45) is 5.92 Å². The average Bonchev–Trinajstić information content (AvgIpc) is 3.01. The van der Waals surface area contributed by atoms with Crippen molar-refractivity contribution in [3.8, 4) is 11.3 Å². The maximum absolute atomic E-state index is 14.3. The van der Waals surface area contributed by atoms with E-state index in [2.05, 4.69) is 10.5 Å². The molecule has 1 N–H and O–H groups in total. The van der Waals surface area contributed by atoms with E-state index in [1.165, 1.54) is 12.1 Å². The van der Waals surface area contributed by atoms with Crippen molar-refractivity contribution in [2.45, 2.75) is 26.2 Å². The van der Waals surface area contributed by atoms with E-state index in [-0.39, 0.29) is 22.2 Å². The number of amides is 1. The van der Waals surface area contributed by atoms with Gasteiger partial charge in [-0.1, -0.05) is 22.8 Å². The molecule has 5 nitrogen and oxygen atoms in total. The summed E-state index contributed by atoms with van der Waals surface area (Å²) in [6.07, 6.45) is 3.04. The lowest BCUT2D eigenvalue weighted by atomic mass is 9.93. The second-order valence-corrected chi connectivity index (χ2v) is 7.09. The van der Waals surface area contributed by atoms with Gasteiger partial charge in [0, 0.05) is 13.1 Å². The van der Waals surface area contributed by atoms with E-state index in [1.54, 1.807) is 17.9 Å². The second kappa shape index (κ2) is 8.18. The van der Waals surface area contributed by atoms with Gasteiger partial charge in [-0.25, -0.2) is 4.39 Å². The highest BCUT2D eigenvalue weighted by atomic mass is 35.5. The van der Waals surface area contributed by atoms with E-state index in [4.69, 9.17) is 16.1 Å². The minimum Gasteiger partial charge on any atom is -0.360 e. The first kappa shape index (κ1) is 18.9. The van der Waals surface area contributed by atoms with Crippen LogP contribution in [-0.2, 0) is 0 Å².